The highest BCUT2D eigenvalue weighted by Gasteiger charge is 2.11. The number of aryl methyl sites for hydroxylation is 1. The molecule has 4 rings (SSSR count). The Morgan fingerprint density at radius 2 is 1.68 bits per heavy atom. The summed E-state index contributed by atoms with van der Waals surface area (Å²) in [7, 11) is 0. The number of hydrogen-bond acceptors (Lipinski definition) is 3. The number of aromatic nitrogens is 1. The van der Waals surface area contributed by atoms with E-state index in [0.717, 1.165) is 21.8 Å². The van der Waals surface area contributed by atoms with Gasteiger partial charge in [-0.1, -0.05) is 36.4 Å². The van der Waals surface area contributed by atoms with Gasteiger partial charge in [-0.05, 0) is 53.4 Å². The van der Waals surface area contributed by atoms with Gasteiger partial charge in [0, 0.05) is 17.4 Å². The van der Waals surface area contributed by atoms with Gasteiger partial charge in [-0.15, -0.1) is 11.3 Å². The summed E-state index contributed by atoms with van der Waals surface area (Å²) in [6, 6.07) is 17.4. The third-order valence-corrected chi connectivity index (χ3v) is 5.45. The van der Waals surface area contributed by atoms with Crippen LogP contribution in [0.4, 0.5) is 8.78 Å². The molecule has 0 spiro atoms. The molecule has 0 aliphatic rings. The smallest absolute Gasteiger partial charge is 0.165 e. The fraction of sp³-hybridized carbons (Fsp3) is 0.0870. The number of nitrogens with zero attached hydrogens (tertiary/aromatic N) is 1. The van der Waals surface area contributed by atoms with Crippen molar-refractivity contribution in [3.8, 4) is 28.1 Å². The molecule has 0 atom stereocenters. The van der Waals surface area contributed by atoms with E-state index in [1.807, 2.05) is 35.7 Å². The summed E-state index contributed by atoms with van der Waals surface area (Å²) in [5, 5.41) is 12.4. The lowest BCUT2D eigenvalue weighted by molar-refractivity contribution is 0.429. The Balaban J connectivity index is 1.64. The predicted octanol–water partition coefficient (Wildman–Crippen LogP) is 6.36. The zero-order valence-corrected chi connectivity index (χ0v) is 15.9. The molecule has 5 heteroatoms. The molecule has 2 nitrogen and oxygen atoms in total. The molecule has 0 saturated heterocycles. The minimum Gasteiger partial charge on any atom is -0.505 e. The molecule has 0 unspecified atom stereocenters. The molecule has 0 bridgehead atoms. The molecule has 28 heavy (non-hydrogen) atoms. The second-order valence-corrected chi connectivity index (χ2v) is 7.54. The third kappa shape index (κ3) is 3.66. The second kappa shape index (κ2) is 7.52. The van der Waals surface area contributed by atoms with Gasteiger partial charge in [0.1, 0.15) is 5.82 Å². The van der Waals surface area contributed by atoms with Crippen LogP contribution in [0, 0.1) is 18.6 Å². The van der Waals surface area contributed by atoms with Crippen molar-refractivity contribution in [1.29, 1.82) is 0 Å². The van der Waals surface area contributed by atoms with Crippen LogP contribution in [0.1, 0.15) is 16.1 Å². The maximum absolute atomic E-state index is 13.9. The lowest BCUT2D eigenvalue weighted by Gasteiger charge is -2.07. The summed E-state index contributed by atoms with van der Waals surface area (Å²) in [5.41, 5.74) is 4.34. The maximum Gasteiger partial charge on any atom is 0.165 e. The standard InChI is InChI=1S/C23H17F2NOS/c1-14-9-18(11-20(25)23(14)27)15-6-4-7-17(10-15)21-13-28-22(26-21)12-16-5-2-3-8-19(16)24/h2-11,13,27H,12H2,1H3. The van der Waals surface area contributed by atoms with Crippen molar-refractivity contribution in [2.45, 2.75) is 13.3 Å². The zero-order chi connectivity index (χ0) is 19.7. The van der Waals surface area contributed by atoms with Gasteiger partial charge in [0.05, 0.1) is 10.7 Å². The lowest BCUT2D eigenvalue weighted by Crippen LogP contribution is -1.91. The Morgan fingerprint density at radius 3 is 2.46 bits per heavy atom. The first kappa shape index (κ1) is 18.3. The van der Waals surface area contributed by atoms with E-state index < -0.39 is 5.82 Å². The van der Waals surface area contributed by atoms with Crippen molar-refractivity contribution in [2.24, 2.45) is 0 Å². The van der Waals surface area contributed by atoms with Gasteiger partial charge in [-0.2, -0.15) is 0 Å². The first-order valence-corrected chi connectivity index (χ1v) is 9.67. The summed E-state index contributed by atoms with van der Waals surface area (Å²) in [5.74, 6) is -1.19. The maximum atomic E-state index is 13.9. The second-order valence-electron chi connectivity index (χ2n) is 6.60. The molecule has 0 amide bonds. The molecule has 1 N–H and O–H groups in total. The summed E-state index contributed by atoms with van der Waals surface area (Å²) in [4.78, 5) is 4.64. The number of aromatic hydroxyl groups is 1. The fourth-order valence-corrected chi connectivity index (χ4v) is 3.92. The monoisotopic (exact) mass is 393 g/mol. The SMILES string of the molecule is Cc1cc(-c2cccc(-c3csc(Cc4ccccc4F)n3)c2)cc(F)c1O. The highest BCUT2D eigenvalue weighted by Crippen LogP contribution is 2.31. The summed E-state index contributed by atoms with van der Waals surface area (Å²) in [6.07, 6.45) is 0.444. The number of rotatable bonds is 4. The summed E-state index contributed by atoms with van der Waals surface area (Å²) < 4.78 is 27.8. The van der Waals surface area contributed by atoms with Crippen molar-refractivity contribution >= 4 is 11.3 Å². The third-order valence-electron chi connectivity index (χ3n) is 4.60. The van der Waals surface area contributed by atoms with Crippen LogP contribution < -0.4 is 0 Å². The van der Waals surface area contributed by atoms with Crippen LogP contribution in [0.3, 0.4) is 0 Å². The van der Waals surface area contributed by atoms with E-state index in [2.05, 4.69) is 4.98 Å². The van der Waals surface area contributed by atoms with Gasteiger partial charge in [-0.25, -0.2) is 13.8 Å². The van der Waals surface area contributed by atoms with Gasteiger partial charge in [0.2, 0.25) is 0 Å². The first-order valence-electron chi connectivity index (χ1n) is 8.79. The summed E-state index contributed by atoms with van der Waals surface area (Å²) in [6.45, 7) is 1.67. The van der Waals surface area contributed by atoms with Crippen LogP contribution in [-0.4, -0.2) is 10.1 Å². The van der Waals surface area contributed by atoms with Crippen molar-refractivity contribution in [3.63, 3.8) is 0 Å². The fourth-order valence-electron chi connectivity index (χ4n) is 3.09. The van der Waals surface area contributed by atoms with E-state index >= 15 is 0 Å². The quantitative estimate of drug-likeness (QED) is 0.438. The van der Waals surface area contributed by atoms with Crippen LogP contribution in [0.2, 0.25) is 0 Å². The Bertz CT molecular complexity index is 1130. The average Bonchev–Trinajstić information content (AvgIpc) is 3.16. The predicted molar refractivity (Wildman–Crippen MR) is 109 cm³/mol. The molecular weight excluding hydrogens is 376 g/mol. The molecule has 0 fully saturated rings. The lowest BCUT2D eigenvalue weighted by atomic mass is 10.00. The number of phenols is 1. The highest BCUT2D eigenvalue weighted by molar-refractivity contribution is 7.10. The Hall–Kier alpha value is -3.05. The number of halogens is 2. The number of benzene rings is 3. The molecule has 3 aromatic carbocycles. The minimum atomic E-state index is -0.638. The van der Waals surface area contributed by atoms with Crippen LogP contribution in [-0.2, 0) is 6.42 Å². The van der Waals surface area contributed by atoms with Crippen LogP contribution in [0.15, 0.2) is 66.0 Å². The van der Waals surface area contributed by atoms with Crippen molar-refractivity contribution in [1.82, 2.24) is 4.98 Å². The van der Waals surface area contributed by atoms with E-state index in [4.69, 9.17) is 0 Å². The number of phenolic OH excluding ortho intramolecular Hbond substituents is 1. The molecule has 0 aliphatic heterocycles. The molecule has 140 valence electrons. The van der Waals surface area contributed by atoms with Gasteiger partial charge >= 0.3 is 0 Å². The molecule has 0 aliphatic carbocycles. The Morgan fingerprint density at radius 1 is 0.893 bits per heavy atom. The van der Waals surface area contributed by atoms with Crippen LogP contribution in [0.5, 0.6) is 5.75 Å². The van der Waals surface area contributed by atoms with Crippen LogP contribution in [0.25, 0.3) is 22.4 Å². The van der Waals surface area contributed by atoms with E-state index in [9.17, 15) is 13.9 Å². The Labute approximate surface area is 165 Å². The molecular formula is C23H17F2NOS. The van der Waals surface area contributed by atoms with Gasteiger partial charge < -0.3 is 5.11 Å². The number of hydrogen-bond donors (Lipinski definition) is 1. The summed E-state index contributed by atoms with van der Waals surface area (Å²) >= 11 is 1.49. The normalized spacial score (nSPS) is 11.0. The largest absolute Gasteiger partial charge is 0.505 e. The molecule has 1 heterocycles. The van der Waals surface area contributed by atoms with E-state index in [0.29, 0.717) is 23.1 Å². The average molecular weight is 393 g/mol. The van der Waals surface area contributed by atoms with Crippen molar-refractivity contribution < 1.29 is 13.9 Å². The highest BCUT2D eigenvalue weighted by atomic mass is 32.1. The molecule has 0 radical (unpaired) electrons. The Kier molecular flexibility index (Phi) is 4.92. The zero-order valence-electron chi connectivity index (χ0n) is 15.1. The minimum absolute atomic E-state index is 0.231. The van der Waals surface area contributed by atoms with Gasteiger partial charge in [0.25, 0.3) is 0 Å². The first-order chi connectivity index (χ1) is 13.5. The topological polar surface area (TPSA) is 33.1 Å². The van der Waals surface area contributed by atoms with Gasteiger partial charge in [0.15, 0.2) is 11.6 Å². The van der Waals surface area contributed by atoms with E-state index in [1.54, 1.807) is 25.1 Å². The molecule has 1 aromatic heterocycles. The molecule has 4 aromatic rings. The molecule has 0 saturated carbocycles. The van der Waals surface area contributed by atoms with E-state index in [1.165, 1.54) is 23.5 Å². The van der Waals surface area contributed by atoms with Gasteiger partial charge in [-0.3, -0.25) is 0 Å². The van der Waals surface area contributed by atoms with E-state index in [-0.39, 0.29) is 11.6 Å². The van der Waals surface area contributed by atoms with Crippen molar-refractivity contribution in [2.75, 3.05) is 0 Å². The van der Waals surface area contributed by atoms with Crippen molar-refractivity contribution in [3.05, 3.63) is 93.8 Å². The van der Waals surface area contributed by atoms with Crippen LogP contribution >= 0.6 is 11.3 Å². The number of thiazole rings is 1.